The van der Waals surface area contributed by atoms with Crippen molar-refractivity contribution in [3.63, 3.8) is 0 Å². The summed E-state index contributed by atoms with van der Waals surface area (Å²) in [6, 6.07) is 11.6. The van der Waals surface area contributed by atoms with Gasteiger partial charge in [0.25, 0.3) is 5.65 Å². The molecule has 18 heavy (non-hydrogen) atoms. The summed E-state index contributed by atoms with van der Waals surface area (Å²) in [6.45, 7) is 3.47. The molecule has 2 heterocycles. The Morgan fingerprint density at radius 3 is 2.72 bits per heavy atom. The fourth-order valence-corrected chi connectivity index (χ4v) is 2.13. The first-order chi connectivity index (χ1) is 8.66. The van der Waals surface area contributed by atoms with Crippen LogP contribution < -0.4 is 4.80 Å². The number of nitrogens with zero attached hydrogens (tertiary/aromatic N) is 3. The van der Waals surface area contributed by atoms with Crippen molar-refractivity contribution in [2.45, 2.75) is 13.8 Å². The van der Waals surface area contributed by atoms with Crippen LogP contribution in [0.15, 0.2) is 36.4 Å². The van der Waals surface area contributed by atoms with E-state index in [9.17, 15) is 4.79 Å². The Morgan fingerprint density at radius 2 is 2.06 bits per heavy atom. The highest BCUT2D eigenvalue weighted by Crippen LogP contribution is 2.12. The number of carbonyl (C=O) groups excluding carboxylic acids is 1. The number of nitrogens with one attached hydrogen (secondary N) is 1. The molecule has 0 unspecified atom stereocenters. The molecule has 1 aromatic carbocycles. The molecule has 3 rings (SSSR count). The van der Waals surface area contributed by atoms with Gasteiger partial charge in [0.05, 0.1) is 0 Å². The lowest BCUT2D eigenvalue weighted by Gasteiger charge is -1.91. The molecule has 0 aliphatic carbocycles. The SMILES string of the molecule is CC(=O)c1c(C)cc2n[n+](-c3ccccc3)[nH]n12. The standard InChI is InChI=1S/C13H12N4O/c1-9-8-12-14-17(11-6-4-3-5-7-11)15-16(12)13(9)10(2)18/h3-8H,1-2H3/p+1. The Hall–Kier alpha value is -2.43. The van der Waals surface area contributed by atoms with E-state index in [0.717, 1.165) is 16.9 Å². The van der Waals surface area contributed by atoms with E-state index in [-0.39, 0.29) is 5.78 Å². The number of fused-ring (bicyclic) bond motifs is 1. The topological polar surface area (TPSA) is 54.0 Å². The first-order valence-electron chi connectivity index (χ1n) is 5.73. The minimum atomic E-state index is 0.0244. The van der Waals surface area contributed by atoms with Gasteiger partial charge in [0, 0.05) is 18.6 Å². The molecule has 0 aliphatic heterocycles. The monoisotopic (exact) mass is 241 g/mol. The van der Waals surface area contributed by atoms with E-state index >= 15 is 0 Å². The maximum absolute atomic E-state index is 11.6. The molecule has 0 saturated heterocycles. The highest BCUT2D eigenvalue weighted by atomic mass is 16.1. The van der Waals surface area contributed by atoms with E-state index in [4.69, 9.17) is 0 Å². The highest BCUT2D eigenvalue weighted by molar-refractivity contribution is 5.94. The molecule has 0 atom stereocenters. The van der Waals surface area contributed by atoms with Crippen LogP contribution in [-0.2, 0) is 0 Å². The maximum atomic E-state index is 11.6. The molecule has 0 fully saturated rings. The van der Waals surface area contributed by atoms with E-state index in [2.05, 4.69) is 10.3 Å². The molecule has 1 N–H and O–H groups in total. The van der Waals surface area contributed by atoms with Crippen LogP contribution in [0.3, 0.4) is 0 Å². The number of aryl methyl sites for hydroxylation is 1. The smallest absolute Gasteiger partial charge is 0.287 e. The van der Waals surface area contributed by atoms with Gasteiger partial charge < -0.3 is 0 Å². The Bertz CT molecular complexity index is 724. The number of hydrogen-bond acceptors (Lipinski definition) is 2. The number of aromatic nitrogens is 4. The zero-order valence-electron chi connectivity index (χ0n) is 10.2. The van der Waals surface area contributed by atoms with Crippen LogP contribution >= 0.6 is 0 Å². The summed E-state index contributed by atoms with van der Waals surface area (Å²) in [5.74, 6) is 0.0244. The number of aromatic amines is 1. The molecule has 90 valence electrons. The Kier molecular flexibility index (Phi) is 2.26. The quantitative estimate of drug-likeness (QED) is 0.545. The van der Waals surface area contributed by atoms with Gasteiger partial charge in [-0.15, -0.1) is 0 Å². The average Bonchev–Trinajstić information content (AvgIpc) is 2.85. The van der Waals surface area contributed by atoms with E-state index in [1.54, 1.807) is 16.2 Å². The lowest BCUT2D eigenvalue weighted by molar-refractivity contribution is -0.716. The molecule has 0 bridgehead atoms. The summed E-state index contributed by atoms with van der Waals surface area (Å²) < 4.78 is 1.71. The van der Waals surface area contributed by atoms with Crippen molar-refractivity contribution >= 4 is 11.4 Å². The molecule has 0 spiro atoms. The zero-order valence-corrected chi connectivity index (χ0v) is 10.2. The van der Waals surface area contributed by atoms with Crippen molar-refractivity contribution in [2.75, 3.05) is 0 Å². The molecular weight excluding hydrogens is 228 g/mol. The molecule has 3 aromatic rings. The summed E-state index contributed by atoms with van der Waals surface area (Å²) in [5, 5.41) is 7.50. The van der Waals surface area contributed by atoms with Gasteiger partial charge in [-0.05, 0) is 29.0 Å². The summed E-state index contributed by atoms with van der Waals surface area (Å²) in [7, 11) is 0. The summed E-state index contributed by atoms with van der Waals surface area (Å²) in [5.41, 5.74) is 3.24. The van der Waals surface area contributed by atoms with Crippen LogP contribution in [0.1, 0.15) is 23.0 Å². The number of Topliss-reactive ketones (excluding diaryl/α,β-unsaturated/α-hetero) is 1. The molecule has 0 aliphatic rings. The van der Waals surface area contributed by atoms with Crippen LogP contribution in [0.25, 0.3) is 11.3 Å². The van der Waals surface area contributed by atoms with E-state index in [1.807, 2.05) is 43.3 Å². The molecule has 5 heteroatoms. The van der Waals surface area contributed by atoms with Gasteiger partial charge in [-0.25, -0.2) is 0 Å². The second kappa shape index (κ2) is 3.80. The van der Waals surface area contributed by atoms with Crippen molar-refractivity contribution in [2.24, 2.45) is 0 Å². The van der Waals surface area contributed by atoms with Gasteiger partial charge in [0.1, 0.15) is 0 Å². The Balaban J connectivity index is 2.21. The molecule has 0 amide bonds. The van der Waals surface area contributed by atoms with Gasteiger partial charge in [0.2, 0.25) is 11.5 Å². The maximum Gasteiger partial charge on any atom is 0.287 e. The normalized spacial score (nSPS) is 11.0. The van der Waals surface area contributed by atoms with Gasteiger partial charge in [-0.2, -0.15) is 0 Å². The number of H-pyrrole nitrogens is 1. The summed E-state index contributed by atoms with van der Waals surface area (Å²) >= 11 is 0. The number of benzene rings is 1. The van der Waals surface area contributed by atoms with Gasteiger partial charge in [-0.1, -0.05) is 27.9 Å². The van der Waals surface area contributed by atoms with E-state index < -0.39 is 0 Å². The molecule has 2 aromatic heterocycles. The highest BCUT2D eigenvalue weighted by Gasteiger charge is 2.21. The van der Waals surface area contributed by atoms with Crippen LogP contribution in [0.4, 0.5) is 0 Å². The second-order valence-electron chi connectivity index (χ2n) is 4.27. The zero-order chi connectivity index (χ0) is 12.7. The molecule has 5 nitrogen and oxygen atoms in total. The van der Waals surface area contributed by atoms with Gasteiger partial charge >= 0.3 is 0 Å². The number of carbonyl (C=O) groups is 1. The van der Waals surface area contributed by atoms with Gasteiger partial charge in [-0.3, -0.25) is 4.79 Å². The Morgan fingerprint density at radius 1 is 1.33 bits per heavy atom. The molecule has 0 radical (unpaired) electrons. The number of para-hydroxylation sites is 1. The van der Waals surface area contributed by atoms with Crippen molar-refractivity contribution < 1.29 is 9.59 Å². The first-order valence-corrected chi connectivity index (χ1v) is 5.73. The minimum Gasteiger partial charge on any atom is -0.290 e. The third-order valence-electron chi connectivity index (χ3n) is 2.90. The van der Waals surface area contributed by atoms with Crippen LogP contribution in [-0.4, -0.2) is 20.6 Å². The van der Waals surface area contributed by atoms with Crippen LogP contribution in [0.2, 0.25) is 0 Å². The lowest BCUT2D eigenvalue weighted by atomic mass is 10.2. The number of tetrazole rings is 1. The lowest BCUT2D eigenvalue weighted by Crippen LogP contribution is -2.36. The minimum absolute atomic E-state index is 0.0244. The third kappa shape index (κ3) is 1.52. The number of hydrogen-bond donors (Lipinski definition) is 1. The van der Waals surface area contributed by atoms with Crippen molar-refractivity contribution in [3.05, 3.63) is 47.7 Å². The van der Waals surface area contributed by atoms with Crippen LogP contribution in [0.5, 0.6) is 0 Å². The number of rotatable bonds is 2. The number of ketones is 1. The average molecular weight is 241 g/mol. The van der Waals surface area contributed by atoms with Crippen molar-refractivity contribution in [1.82, 2.24) is 14.8 Å². The largest absolute Gasteiger partial charge is 0.290 e. The Labute approximate surface area is 104 Å². The fraction of sp³-hybridized carbons (Fsp3) is 0.154. The van der Waals surface area contributed by atoms with Crippen LogP contribution in [0, 0.1) is 6.92 Å². The second-order valence-corrected chi connectivity index (χ2v) is 4.27. The molecular formula is C13H13N4O+. The predicted molar refractivity (Wildman–Crippen MR) is 65.8 cm³/mol. The molecule has 0 saturated carbocycles. The fourth-order valence-electron chi connectivity index (χ4n) is 2.13. The van der Waals surface area contributed by atoms with Gasteiger partial charge in [0.15, 0.2) is 5.69 Å². The summed E-state index contributed by atoms with van der Waals surface area (Å²) in [6.07, 6.45) is 0. The summed E-state index contributed by atoms with van der Waals surface area (Å²) in [4.78, 5) is 13.3. The third-order valence-corrected chi connectivity index (χ3v) is 2.90. The van der Waals surface area contributed by atoms with E-state index in [1.165, 1.54) is 0 Å². The first kappa shape index (κ1) is 10.7. The van der Waals surface area contributed by atoms with E-state index in [0.29, 0.717) is 5.69 Å². The van der Waals surface area contributed by atoms with Crippen molar-refractivity contribution in [3.8, 4) is 5.69 Å². The van der Waals surface area contributed by atoms with Crippen molar-refractivity contribution in [1.29, 1.82) is 0 Å². The predicted octanol–water partition coefficient (Wildman–Crippen LogP) is 1.45.